The average Bonchev–Trinajstić information content (AvgIpc) is 2.39. The number of halogens is 1. The second-order valence-electron chi connectivity index (χ2n) is 4.26. The second-order valence-corrected chi connectivity index (χ2v) is 7.02. The van der Waals surface area contributed by atoms with Crippen LogP contribution in [0.5, 0.6) is 0 Å². The van der Waals surface area contributed by atoms with Crippen molar-refractivity contribution in [1.82, 2.24) is 4.31 Å². The normalized spacial score (nSPS) is 21.4. The maximum absolute atomic E-state index is 12.5. The zero-order valence-corrected chi connectivity index (χ0v) is 12.1. The van der Waals surface area contributed by atoms with E-state index in [0.717, 1.165) is 12.8 Å². The van der Waals surface area contributed by atoms with E-state index in [-0.39, 0.29) is 10.8 Å². The number of hydrogen-bond acceptors (Lipinski definition) is 3. The quantitative estimate of drug-likeness (QED) is 0.837. The Labute approximate surface area is 115 Å². The summed E-state index contributed by atoms with van der Waals surface area (Å²) in [6.07, 6.45) is 1.51. The summed E-state index contributed by atoms with van der Waals surface area (Å²) in [4.78, 5) is 0.267. The molecule has 18 heavy (non-hydrogen) atoms. The molecule has 1 aromatic carbocycles. The van der Waals surface area contributed by atoms with E-state index < -0.39 is 10.0 Å². The largest absolute Gasteiger partial charge is 0.244 e. The zero-order chi connectivity index (χ0) is 13.2. The van der Waals surface area contributed by atoms with Gasteiger partial charge in [-0.1, -0.05) is 12.1 Å². The Kier molecular flexibility index (Phi) is 4.05. The number of benzene rings is 1. The summed E-state index contributed by atoms with van der Waals surface area (Å²) in [6, 6.07) is 8.91. The minimum Gasteiger partial charge on any atom is -0.207 e. The van der Waals surface area contributed by atoms with Crippen LogP contribution in [0.4, 0.5) is 0 Å². The van der Waals surface area contributed by atoms with E-state index in [1.54, 1.807) is 24.3 Å². The highest BCUT2D eigenvalue weighted by Crippen LogP contribution is 2.27. The molecule has 1 heterocycles. The van der Waals surface area contributed by atoms with Crippen molar-refractivity contribution in [3.05, 3.63) is 28.7 Å². The maximum Gasteiger partial charge on any atom is 0.244 e. The molecule has 1 aromatic rings. The molecule has 0 radical (unpaired) electrons. The Morgan fingerprint density at radius 1 is 1.39 bits per heavy atom. The summed E-state index contributed by atoms with van der Waals surface area (Å²) < 4.78 is 26.9. The number of rotatable bonds is 2. The van der Waals surface area contributed by atoms with E-state index in [2.05, 4.69) is 22.0 Å². The Hall–Kier alpha value is -0.900. The first kappa shape index (κ1) is 13.5. The minimum absolute atomic E-state index is 0.198. The van der Waals surface area contributed by atoms with Crippen LogP contribution in [0.25, 0.3) is 0 Å². The van der Waals surface area contributed by atoms with E-state index >= 15 is 0 Å². The molecule has 0 spiro atoms. The molecule has 4 nitrogen and oxygen atoms in total. The molecule has 0 N–H and O–H groups in total. The van der Waals surface area contributed by atoms with Crippen molar-refractivity contribution < 1.29 is 8.42 Å². The highest BCUT2D eigenvalue weighted by Gasteiger charge is 2.31. The summed E-state index contributed by atoms with van der Waals surface area (Å²) in [6.45, 7) is 0.780. The molecule has 0 bridgehead atoms. The minimum atomic E-state index is -3.50. The van der Waals surface area contributed by atoms with Crippen LogP contribution in [0.2, 0.25) is 0 Å². The molecule has 0 amide bonds. The average molecular weight is 329 g/mol. The summed E-state index contributed by atoms with van der Waals surface area (Å²) in [5.41, 5.74) is 0. The summed E-state index contributed by atoms with van der Waals surface area (Å²) in [5, 5.41) is 8.92. The fourth-order valence-corrected chi connectivity index (χ4v) is 4.55. The van der Waals surface area contributed by atoms with Gasteiger partial charge in [-0.2, -0.15) is 9.57 Å². The van der Waals surface area contributed by atoms with Gasteiger partial charge >= 0.3 is 0 Å². The molecule has 1 saturated heterocycles. The fraction of sp³-hybridized carbons (Fsp3) is 0.417. The summed E-state index contributed by atoms with van der Waals surface area (Å²) >= 11 is 3.26. The molecule has 1 aliphatic heterocycles. The smallest absolute Gasteiger partial charge is 0.207 e. The van der Waals surface area contributed by atoms with E-state index in [0.29, 0.717) is 17.6 Å². The lowest BCUT2D eigenvalue weighted by Gasteiger charge is -2.29. The van der Waals surface area contributed by atoms with E-state index in [1.807, 2.05) is 0 Å². The molecule has 1 aliphatic rings. The molecule has 1 atom stereocenters. The van der Waals surface area contributed by atoms with Crippen molar-refractivity contribution in [1.29, 1.82) is 5.26 Å². The van der Waals surface area contributed by atoms with Crippen LogP contribution in [-0.4, -0.2) is 25.8 Å². The van der Waals surface area contributed by atoms with Gasteiger partial charge in [0.2, 0.25) is 10.0 Å². The Morgan fingerprint density at radius 2 is 2.11 bits per heavy atom. The monoisotopic (exact) mass is 328 g/mol. The molecular weight excluding hydrogens is 316 g/mol. The standard InChI is InChI=1S/C12H13BrN2O2S/c13-11-5-1-2-6-12(11)18(16,17)15-7-3-4-10(8-14)9-15/h1-2,5-6,10H,3-4,7,9H2. The van der Waals surface area contributed by atoms with Crippen molar-refractivity contribution in [2.75, 3.05) is 13.1 Å². The third kappa shape index (κ3) is 2.58. The Bertz CT molecular complexity index is 580. The number of sulfonamides is 1. The van der Waals surface area contributed by atoms with Crippen molar-refractivity contribution in [3.8, 4) is 6.07 Å². The summed E-state index contributed by atoms with van der Waals surface area (Å²) in [7, 11) is -3.50. The number of nitriles is 1. The van der Waals surface area contributed by atoms with Gasteiger partial charge in [-0.25, -0.2) is 8.42 Å². The van der Waals surface area contributed by atoms with E-state index in [1.165, 1.54) is 4.31 Å². The Balaban J connectivity index is 2.32. The first-order chi connectivity index (χ1) is 8.55. The molecule has 96 valence electrons. The SMILES string of the molecule is N#CC1CCCN(S(=O)(=O)c2ccccc2Br)C1. The van der Waals surface area contributed by atoms with Crippen molar-refractivity contribution in [3.63, 3.8) is 0 Å². The molecule has 1 fully saturated rings. The molecule has 2 rings (SSSR count). The van der Waals surface area contributed by atoms with Crippen LogP contribution in [0.3, 0.4) is 0 Å². The maximum atomic E-state index is 12.5. The first-order valence-electron chi connectivity index (χ1n) is 5.70. The van der Waals surface area contributed by atoms with Gasteiger partial charge in [-0.3, -0.25) is 0 Å². The van der Waals surface area contributed by atoms with Gasteiger partial charge in [0.1, 0.15) is 0 Å². The molecule has 0 aromatic heterocycles. The molecule has 6 heteroatoms. The van der Waals surface area contributed by atoms with Gasteiger partial charge in [0.15, 0.2) is 0 Å². The third-order valence-electron chi connectivity index (χ3n) is 3.02. The van der Waals surface area contributed by atoms with Crippen LogP contribution in [0, 0.1) is 17.2 Å². The van der Waals surface area contributed by atoms with Crippen LogP contribution in [-0.2, 0) is 10.0 Å². The highest BCUT2D eigenvalue weighted by molar-refractivity contribution is 9.10. The van der Waals surface area contributed by atoms with Crippen molar-refractivity contribution >= 4 is 26.0 Å². The zero-order valence-electron chi connectivity index (χ0n) is 9.71. The van der Waals surface area contributed by atoms with Gasteiger partial charge in [-0.15, -0.1) is 0 Å². The molecular formula is C12H13BrN2O2S. The third-order valence-corrected chi connectivity index (χ3v) is 5.90. The predicted molar refractivity (Wildman–Crippen MR) is 71.2 cm³/mol. The lowest BCUT2D eigenvalue weighted by molar-refractivity contribution is 0.305. The van der Waals surface area contributed by atoms with Gasteiger partial charge in [-0.05, 0) is 40.9 Å². The van der Waals surface area contributed by atoms with E-state index in [4.69, 9.17) is 5.26 Å². The van der Waals surface area contributed by atoms with Gasteiger partial charge in [0.05, 0.1) is 16.9 Å². The fourth-order valence-electron chi connectivity index (χ4n) is 2.06. The van der Waals surface area contributed by atoms with E-state index in [9.17, 15) is 8.42 Å². The van der Waals surface area contributed by atoms with Gasteiger partial charge in [0.25, 0.3) is 0 Å². The number of piperidine rings is 1. The lowest BCUT2D eigenvalue weighted by Crippen LogP contribution is -2.39. The lowest BCUT2D eigenvalue weighted by atomic mass is 10.0. The van der Waals surface area contributed by atoms with Crippen LogP contribution < -0.4 is 0 Å². The highest BCUT2D eigenvalue weighted by atomic mass is 79.9. The molecule has 0 saturated carbocycles. The Morgan fingerprint density at radius 3 is 2.78 bits per heavy atom. The van der Waals surface area contributed by atoms with Gasteiger partial charge in [0, 0.05) is 17.6 Å². The topological polar surface area (TPSA) is 61.2 Å². The van der Waals surface area contributed by atoms with Crippen LogP contribution in [0.15, 0.2) is 33.6 Å². The van der Waals surface area contributed by atoms with Crippen molar-refractivity contribution in [2.24, 2.45) is 5.92 Å². The number of hydrogen-bond donors (Lipinski definition) is 0. The van der Waals surface area contributed by atoms with Crippen molar-refractivity contribution in [2.45, 2.75) is 17.7 Å². The van der Waals surface area contributed by atoms with Crippen LogP contribution >= 0.6 is 15.9 Å². The molecule has 1 unspecified atom stereocenters. The van der Waals surface area contributed by atoms with Crippen LogP contribution in [0.1, 0.15) is 12.8 Å². The van der Waals surface area contributed by atoms with Gasteiger partial charge < -0.3 is 0 Å². The second kappa shape index (κ2) is 5.39. The number of nitrogens with zero attached hydrogens (tertiary/aromatic N) is 2. The summed E-state index contributed by atoms with van der Waals surface area (Å²) in [5.74, 6) is -0.198. The first-order valence-corrected chi connectivity index (χ1v) is 7.93. The molecule has 0 aliphatic carbocycles. The predicted octanol–water partition coefficient (Wildman–Crippen LogP) is 2.37.